The van der Waals surface area contributed by atoms with Crippen LogP contribution in [-0.2, 0) is 0 Å². The molecule has 7 nitrogen and oxygen atoms in total. The van der Waals surface area contributed by atoms with Crippen molar-refractivity contribution in [3.8, 4) is 0 Å². The van der Waals surface area contributed by atoms with E-state index in [9.17, 15) is 14.9 Å². The Morgan fingerprint density at radius 3 is 2.41 bits per heavy atom. The van der Waals surface area contributed by atoms with E-state index in [0.29, 0.717) is 5.69 Å². The van der Waals surface area contributed by atoms with E-state index in [2.05, 4.69) is 10.6 Å². The number of carbonyl (C=O) groups is 1. The number of nitro groups is 1. The van der Waals surface area contributed by atoms with Crippen LogP contribution in [0.4, 0.5) is 16.2 Å². The van der Waals surface area contributed by atoms with Gasteiger partial charge in [-0.05, 0) is 11.6 Å². The number of rotatable bonds is 6. The molecule has 0 heterocycles. The fourth-order valence-electron chi connectivity index (χ4n) is 2.08. The molecule has 0 spiro atoms. The van der Waals surface area contributed by atoms with Crippen LogP contribution in [0.25, 0.3) is 0 Å². The zero-order chi connectivity index (χ0) is 15.9. The van der Waals surface area contributed by atoms with Gasteiger partial charge in [0.15, 0.2) is 0 Å². The van der Waals surface area contributed by atoms with Crippen LogP contribution in [0, 0.1) is 10.1 Å². The minimum absolute atomic E-state index is 0.0513. The molecule has 1 amide bonds. The summed E-state index contributed by atoms with van der Waals surface area (Å²) in [6.07, 6.45) is -1.15. The second-order valence-corrected chi connectivity index (χ2v) is 4.57. The highest BCUT2D eigenvalue weighted by Crippen LogP contribution is 2.24. The lowest BCUT2D eigenvalue weighted by Crippen LogP contribution is -2.31. The Hall–Kier alpha value is -3.09. The second kappa shape index (κ2) is 7.07. The van der Waals surface area contributed by atoms with E-state index in [1.165, 1.54) is 6.07 Å². The van der Waals surface area contributed by atoms with Crippen LogP contribution < -0.4 is 10.6 Å². The number of carboxylic acid groups (broad SMARTS) is 1. The SMILES string of the molecule is O=C(O)N[C@@H](CNc1ccccc1[N+](=O)[O-])c1ccccc1. The summed E-state index contributed by atoms with van der Waals surface area (Å²) in [5, 5.41) is 25.2. The monoisotopic (exact) mass is 301 g/mol. The first kappa shape index (κ1) is 15.3. The number of hydrogen-bond acceptors (Lipinski definition) is 4. The van der Waals surface area contributed by atoms with Gasteiger partial charge in [-0.15, -0.1) is 0 Å². The summed E-state index contributed by atoms with van der Waals surface area (Å²) in [5.41, 5.74) is 1.07. The van der Waals surface area contributed by atoms with Gasteiger partial charge >= 0.3 is 6.09 Å². The maximum absolute atomic E-state index is 11.0. The summed E-state index contributed by atoms with van der Waals surface area (Å²) in [7, 11) is 0. The van der Waals surface area contributed by atoms with Crippen molar-refractivity contribution >= 4 is 17.5 Å². The molecule has 1 atom stereocenters. The molecule has 2 rings (SSSR count). The lowest BCUT2D eigenvalue weighted by Gasteiger charge is -2.18. The molecule has 0 saturated carbocycles. The van der Waals surface area contributed by atoms with Crippen LogP contribution in [-0.4, -0.2) is 22.7 Å². The van der Waals surface area contributed by atoms with E-state index >= 15 is 0 Å². The predicted molar refractivity (Wildman–Crippen MR) is 81.9 cm³/mol. The summed E-state index contributed by atoms with van der Waals surface area (Å²) in [4.78, 5) is 21.4. The quantitative estimate of drug-likeness (QED) is 0.562. The number of nitrogens with one attached hydrogen (secondary N) is 2. The molecule has 0 aliphatic carbocycles. The lowest BCUT2D eigenvalue weighted by atomic mass is 10.1. The molecular weight excluding hydrogens is 286 g/mol. The van der Waals surface area contributed by atoms with E-state index in [1.54, 1.807) is 42.5 Å². The van der Waals surface area contributed by atoms with Gasteiger partial charge in [-0.25, -0.2) is 4.79 Å². The summed E-state index contributed by atoms with van der Waals surface area (Å²) >= 11 is 0. The summed E-state index contributed by atoms with van der Waals surface area (Å²) in [6.45, 7) is 0.196. The van der Waals surface area contributed by atoms with Gasteiger partial charge in [0.1, 0.15) is 5.69 Å². The molecule has 2 aromatic carbocycles. The Bertz CT molecular complexity index is 661. The van der Waals surface area contributed by atoms with E-state index in [-0.39, 0.29) is 12.2 Å². The van der Waals surface area contributed by atoms with Crippen molar-refractivity contribution in [2.75, 3.05) is 11.9 Å². The average Bonchev–Trinajstić information content (AvgIpc) is 2.52. The standard InChI is InChI=1S/C15H15N3O4/c19-15(20)17-13(11-6-2-1-3-7-11)10-16-12-8-4-5-9-14(12)18(21)22/h1-9,13,16-17H,10H2,(H,19,20)/t13-/m0/s1. The number of para-hydroxylation sites is 2. The van der Waals surface area contributed by atoms with Crippen LogP contribution >= 0.6 is 0 Å². The summed E-state index contributed by atoms with van der Waals surface area (Å²) < 4.78 is 0. The van der Waals surface area contributed by atoms with Crippen molar-refractivity contribution < 1.29 is 14.8 Å². The van der Waals surface area contributed by atoms with Crippen molar-refractivity contribution in [2.45, 2.75) is 6.04 Å². The molecule has 0 bridgehead atoms. The molecule has 0 aliphatic rings. The minimum Gasteiger partial charge on any atom is -0.465 e. The Balaban J connectivity index is 2.15. The average molecular weight is 301 g/mol. The largest absolute Gasteiger partial charge is 0.465 e. The molecular formula is C15H15N3O4. The van der Waals surface area contributed by atoms with Crippen molar-refractivity contribution in [2.24, 2.45) is 0 Å². The number of amides is 1. The van der Waals surface area contributed by atoms with Gasteiger partial charge in [0.25, 0.3) is 5.69 Å². The van der Waals surface area contributed by atoms with Gasteiger partial charge in [-0.1, -0.05) is 42.5 Å². The molecule has 114 valence electrons. The van der Waals surface area contributed by atoms with Gasteiger partial charge in [0.2, 0.25) is 0 Å². The van der Waals surface area contributed by atoms with Crippen LogP contribution in [0.15, 0.2) is 54.6 Å². The molecule has 0 saturated heterocycles. The fraction of sp³-hybridized carbons (Fsp3) is 0.133. The van der Waals surface area contributed by atoms with E-state index in [0.717, 1.165) is 5.56 Å². The van der Waals surface area contributed by atoms with Gasteiger partial charge in [-0.3, -0.25) is 10.1 Å². The number of nitro benzene ring substituents is 1. The Labute approximate surface area is 126 Å². The van der Waals surface area contributed by atoms with E-state index in [4.69, 9.17) is 5.11 Å². The zero-order valence-electron chi connectivity index (χ0n) is 11.6. The first-order valence-electron chi connectivity index (χ1n) is 6.59. The van der Waals surface area contributed by atoms with Crippen LogP contribution in [0.2, 0.25) is 0 Å². The van der Waals surface area contributed by atoms with E-state index < -0.39 is 17.1 Å². The van der Waals surface area contributed by atoms with Crippen LogP contribution in [0.1, 0.15) is 11.6 Å². The lowest BCUT2D eigenvalue weighted by molar-refractivity contribution is -0.384. The summed E-state index contributed by atoms with van der Waals surface area (Å²) in [5.74, 6) is 0. The van der Waals surface area contributed by atoms with Gasteiger partial charge in [0, 0.05) is 12.6 Å². The fourth-order valence-corrected chi connectivity index (χ4v) is 2.08. The molecule has 22 heavy (non-hydrogen) atoms. The van der Waals surface area contributed by atoms with Gasteiger partial charge in [-0.2, -0.15) is 0 Å². The second-order valence-electron chi connectivity index (χ2n) is 4.57. The molecule has 0 aliphatic heterocycles. The molecule has 2 aromatic rings. The third kappa shape index (κ3) is 3.95. The van der Waals surface area contributed by atoms with Crippen molar-refractivity contribution in [3.05, 3.63) is 70.3 Å². The van der Waals surface area contributed by atoms with Gasteiger partial charge in [0.05, 0.1) is 11.0 Å². The molecule has 0 radical (unpaired) electrons. The number of anilines is 1. The first-order chi connectivity index (χ1) is 10.6. The van der Waals surface area contributed by atoms with Gasteiger partial charge < -0.3 is 15.7 Å². The maximum atomic E-state index is 11.0. The molecule has 0 fully saturated rings. The Morgan fingerprint density at radius 2 is 1.77 bits per heavy atom. The van der Waals surface area contributed by atoms with E-state index in [1.807, 2.05) is 6.07 Å². The summed E-state index contributed by atoms with van der Waals surface area (Å²) in [6, 6.07) is 14.7. The third-order valence-corrected chi connectivity index (χ3v) is 3.10. The molecule has 7 heteroatoms. The predicted octanol–water partition coefficient (Wildman–Crippen LogP) is 3.02. The smallest absolute Gasteiger partial charge is 0.405 e. The minimum atomic E-state index is -1.15. The zero-order valence-corrected chi connectivity index (χ0v) is 11.6. The highest BCUT2D eigenvalue weighted by atomic mass is 16.6. The van der Waals surface area contributed by atoms with Crippen molar-refractivity contribution in [1.29, 1.82) is 0 Å². The van der Waals surface area contributed by atoms with Crippen LogP contribution in [0.5, 0.6) is 0 Å². The molecule has 3 N–H and O–H groups in total. The normalized spacial score (nSPS) is 11.5. The van der Waals surface area contributed by atoms with Crippen molar-refractivity contribution in [1.82, 2.24) is 5.32 Å². The number of nitrogens with zero attached hydrogens (tertiary/aromatic N) is 1. The maximum Gasteiger partial charge on any atom is 0.405 e. The van der Waals surface area contributed by atoms with Crippen LogP contribution in [0.3, 0.4) is 0 Å². The highest BCUT2D eigenvalue weighted by molar-refractivity contribution is 5.66. The molecule has 0 unspecified atom stereocenters. The third-order valence-electron chi connectivity index (χ3n) is 3.10. The Morgan fingerprint density at radius 1 is 1.14 bits per heavy atom. The first-order valence-corrected chi connectivity index (χ1v) is 6.59. The van der Waals surface area contributed by atoms with Crippen molar-refractivity contribution in [3.63, 3.8) is 0 Å². The highest BCUT2D eigenvalue weighted by Gasteiger charge is 2.17. The number of hydrogen-bond donors (Lipinski definition) is 3. The number of benzene rings is 2. The topological polar surface area (TPSA) is 104 Å². The Kier molecular flexibility index (Phi) is 4.92. The molecule has 0 aromatic heterocycles.